The Morgan fingerprint density at radius 2 is 1.57 bits per heavy atom. The van der Waals surface area contributed by atoms with E-state index in [1.54, 1.807) is 4.90 Å². The molecule has 0 radical (unpaired) electrons. The Labute approximate surface area is 177 Å². The van der Waals surface area contributed by atoms with E-state index in [0.717, 1.165) is 17.8 Å². The lowest BCUT2D eigenvalue weighted by atomic mass is 10.1. The molecule has 4 rings (SSSR count). The third-order valence-corrected chi connectivity index (χ3v) is 5.28. The van der Waals surface area contributed by atoms with Crippen molar-refractivity contribution < 1.29 is 4.79 Å². The highest BCUT2D eigenvalue weighted by atomic mass is 16.2. The molecule has 0 aliphatic rings. The van der Waals surface area contributed by atoms with Crippen LogP contribution in [0.5, 0.6) is 0 Å². The quantitative estimate of drug-likeness (QED) is 0.476. The van der Waals surface area contributed by atoms with Gasteiger partial charge in [-0.05, 0) is 55.8 Å². The van der Waals surface area contributed by atoms with Crippen LogP contribution in [0.4, 0.5) is 0 Å². The summed E-state index contributed by atoms with van der Waals surface area (Å²) in [6.45, 7) is 5.40. The van der Waals surface area contributed by atoms with Crippen LogP contribution in [0.2, 0.25) is 0 Å². The summed E-state index contributed by atoms with van der Waals surface area (Å²) in [7, 11) is 1.82. The van der Waals surface area contributed by atoms with Crippen LogP contribution >= 0.6 is 0 Å². The summed E-state index contributed by atoms with van der Waals surface area (Å²) in [6.07, 6.45) is 3.82. The largest absolute Gasteiger partial charge is 0.337 e. The molecular weight excluding hydrogens is 372 g/mol. The van der Waals surface area contributed by atoms with Crippen molar-refractivity contribution in [2.75, 3.05) is 7.05 Å². The van der Waals surface area contributed by atoms with Crippen molar-refractivity contribution in [2.45, 2.75) is 26.9 Å². The van der Waals surface area contributed by atoms with Crippen LogP contribution in [0.15, 0.2) is 79.1 Å². The van der Waals surface area contributed by atoms with Crippen molar-refractivity contribution in [2.24, 2.45) is 0 Å². The first-order valence-electron chi connectivity index (χ1n) is 10.1. The van der Waals surface area contributed by atoms with Crippen molar-refractivity contribution in [1.82, 2.24) is 19.2 Å². The van der Waals surface area contributed by atoms with Crippen molar-refractivity contribution >= 4 is 5.91 Å². The second-order valence-electron chi connectivity index (χ2n) is 7.69. The molecule has 0 bridgehead atoms. The highest BCUT2D eigenvalue weighted by Crippen LogP contribution is 2.18. The SMILES string of the molecule is Cc1ccc(C)n1-c1ccc(C(=O)N(C)Cc2cnn(Cc3ccccc3)c2)cc1. The molecule has 5 nitrogen and oxygen atoms in total. The third kappa shape index (κ3) is 4.20. The van der Waals surface area contributed by atoms with E-state index in [9.17, 15) is 4.79 Å². The van der Waals surface area contributed by atoms with Gasteiger partial charge in [-0.1, -0.05) is 30.3 Å². The number of benzene rings is 2. The molecule has 0 saturated carbocycles. The zero-order valence-electron chi connectivity index (χ0n) is 17.6. The molecule has 0 N–H and O–H groups in total. The Kier molecular flexibility index (Phi) is 5.53. The number of rotatable bonds is 6. The fraction of sp³-hybridized carbons (Fsp3) is 0.200. The maximum atomic E-state index is 12.9. The molecule has 0 aliphatic carbocycles. The van der Waals surface area contributed by atoms with Crippen LogP contribution in [0.3, 0.4) is 0 Å². The van der Waals surface area contributed by atoms with Gasteiger partial charge in [-0.3, -0.25) is 9.48 Å². The molecule has 2 heterocycles. The highest BCUT2D eigenvalue weighted by Gasteiger charge is 2.14. The number of amides is 1. The molecule has 0 atom stereocenters. The number of carbonyl (C=O) groups excluding carboxylic acids is 1. The van der Waals surface area contributed by atoms with Crippen LogP contribution in [-0.4, -0.2) is 32.2 Å². The molecule has 1 amide bonds. The second kappa shape index (κ2) is 8.41. The van der Waals surface area contributed by atoms with Crippen LogP contribution in [-0.2, 0) is 13.1 Å². The predicted octanol–water partition coefficient (Wildman–Crippen LogP) is 4.61. The van der Waals surface area contributed by atoms with E-state index in [-0.39, 0.29) is 5.91 Å². The number of nitrogens with zero attached hydrogens (tertiary/aromatic N) is 4. The molecule has 0 saturated heterocycles. The van der Waals surface area contributed by atoms with Crippen molar-refractivity contribution in [3.8, 4) is 5.69 Å². The van der Waals surface area contributed by atoms with Gasteiger partial charge in [0, 0.05) is 48.0 Å². The van der Waals surface area contributed by atoms with Crippen molar-refractivity contribution in [1.29, 1.82) is 0 Å². The summed E-state index contributed by atoms with van der Waals surface area (Å²) in [6, 6.07) is 22.2. The van der Waals surface area contributed by atoms with Gasteiger partial charge >= 0.3 is 0 Å². The molecule has 2 aromatic heterocycles. The maximum Gasteiger partial charge on any atom is 0.253 e. The average molecular weight is 399 g/mol. The number of aryl methyl sites for hydroxylation is 2. The van der Waals surface area contributed by atoms with Gasteiger partial charge in [-0.15, -0.1) is 0 Å². The standard InChI is InChI=1S/C25H26N4O/c1-19-9-10-20(2)29(19)24-13-11-23(12-14-24)25(30)27(3)16-22-15-26-28(18-22)17-21-7-5-4-6-8-21/h4-15,18H,16-17H2,1-3H3. The topological polar surface area (TPSA) is 43.1 Å². The zero-order valence-corrected chi connectivity index (χ0v) is 17.6. The van der Waals surface area contributed by atoms with Gasteiger partial charge < -0.3 is 9.47 Å². The van der Waals surface area contributed by atoms with Crippen LogP contribution in [0.1, 0.15) is 32.9 Å². The van der Waals surface area contributed by atoms with Crippen LogP contribution < -0.4 is 0 Å². The normalized spacial score (nSPS) is 10.9. The van der Waals surface area contributed by atoms with Gasteiger partial charge in [0.15, 0.2) is 0 Å². The molecule has 0 spiro atoms. The first-order valence-corrected chi connectivity index (χ1v) is 10.1. The van der Waals surface area contributed by atoms with Gasteiger partial charge in [-0.25, -0.2) is 0 Å². The summed E-state index contributed by atoms with van der Waals surface area (Å²) >= 11 is 0. The fourth-order valence-corrected chi connectivity index (χ4v) is 3.74. The third-order valence-electron chi connectivity index (χ3n) is 5.28. The van der Waals surface area contributed by atoms with Gasteiger partial charge in [0.2, 0.25) is 0 Å². The summed E-state index contributed by atoms with van der Waals surface area (Å²) in [5.74, 6) is -0.00157. The lowest BCUT2D eigenvalue weighted by Gasteiger charge is -2.17. The minimum Gasteiger partial charge on any atom is -0.337 e. The Morgan fingerprint density at radius 3 is 2.23 bits per heavy atom. The Morgan fingerprint density at radius 1 is 0.900 bits per heavy atom. The summed E-state index contributed by atoms with van der Waals surface area (Å²) in [5.41, 5.74) is 6.31. The predicted molar refractivity (Wildman–Crippen MR) is 119 cm³/mol. The summed E-state index contributed by atoms with van der Waals surface area (Å²) in [5, 5.41) is 4.43. The molecule has 0 fully saturated rings. The molecule has 4 aromatic rings. The van der Waals surface area contributed by atoms with E-state index in [4.69, 9.17) is 0 Å². The van der Waals surface area contributed by atoms with E-state index in [0.29, 0.717) is 12.1 Å². The van der Waals surface area contributed by atoms with Crippen molar-refractivity contribution in [3.05, 3.63) is 107 Å². The number of hydrogen-bond donors (Lipinski definition) is 0. The highest BCUT2D eigenvalue weighted by molar-refractivity contribution is 5.94. The Hall–Kier alpha value is -3.60. The monoisotopic (exact) mass is 398 g/mol. The number of aromatic nitrogens is 3. The molecule has 30 heavy (non-hydrogen) atoms. The number of hydrogen-bond acceptors (Lipinski definition) is 2. The van der Waals surface area contributed by atoms with E-state index < -0.39 is 0 Å². The molecular formula is C25H26N4O. The summed E-state index contributed by atoms with van der Waals surface area (Å²) < 4.78 is 4.08. The molecule has 2 aromatic carbocycles. The Bertz CT molecular complexity index is 1120. The first-order chi connectivity index (χ1) is 14.5. The molecule has 152 valence electrons. The number of carbonyl (C=O) groups is 1. The lowest BCUT2D eigenvalue weighted by molar-refractivity contribution is 0.0785. The average Bonchev–Trinajstić information content (AvgIpc) is 3.33. The van der Waals surface area contributed by atoms with E-state index in [1.807, 2.05) is 66.6 Å². The van der Waals surface area contributed by atoms with Crippen LogP contribution in [0, 0.1) is 13.8 Å². The molecule has 0 unspecified atom stereocenters. The Balaban J connectivity index is 1.41. The molecule has 5 heteroatoms. The fourth-order valence-electron chi connectivity index (χ4n) is 3.74. The van der Waals surface area contributed by atoms with E-state index >= 15 is 0 Å². The minimum absolute atomic E-state index is 0.00157. The first kappa shape index (κ1) is 19.7. The smallest absolute Gasteiger partial charge is 0.253 e. The summed E-state index contributed by atoms with van der Waals surface area (Å²) in [4.78, 5) is 14.6. The van der Waals surface area contributed by atoms with Gasteiger partial charge in [0.1, 0.15) is 0 Å². The molecule has 0 aliphatic heterocycles. The van der Waals surface area contributed by atoms with Gasteiger partial charge in [0.05, 0.1) is 12.7 Å². The van der Waals surface area contributed by atoms with E-state index in [2.05, 4.69) is 47.8 Å². The van der Waals surface area contributed by atoms with Gasteiger partial charge in [-0.2, -0.15) is 5.10 Å². The van der Waals surface area contributed by atoms with Crippen LogP contribution in [0.25, 0.3) is 5.69 Å². The van der Waals surface area contributed by atoms with E-state index in [1.165, 1.54) is 17.0 Å². The van der Waals surface area contributed by atoms with Gasteiger partial charge in [0.25, 0.3) is 5.91 Å². The minimum atomic E-state index is -0.00157. The lowest BCUT2D eigenvalue weighted by Crippen LogP contribution is -2.26. The zero-order chi connectivity index (χ0) is 21.1. The second-order valence-corrected chi connectivity index (χ2v) is 7.69. The van der Waals surface area contributed by atoms with Crippen molar-refractivity contribution in [3.63, 3.8) is 0 Å². The maximum absolute atomic E-state index is 12.9.